The maximum atomic E-state index is 12.4. The highest BCUT2D eigenvalue weighted by Gasteiger charge is 2.27. The van der Waals surface area contributed by atoms with Crippen LogP contribution in [0.25, 0.3) is 0 Å². The van der Waals surface area contributed by atoms with Crippen LogP contribution in [0, 0.1) is 0 Å². The molecule has 2 aromatic rings. The highest BCUT2D eigenvalue weighted by Crippen LogP contribution is 2.31. The van der Waals surface area contributed by atoms with Gasteiger partial charge in [0, 0.05) is 22.3 Å². The average Bonchev–Trinajstić information content (AvgIpc) is 2.75. The highest BCUT2D eigenvalue weighted by molar-refractivity contribution is 6.31. The minimum atomic E-state index is 0.107. The van der Waals surface area contributed by atoms with E-state index in [9.17, 15) is 4.79 Å². The van der Waals surface area contributed by atoms with Crippen molar-refractivity contribution in [3.05, 3.63) is 64.7 Å². The van der Waals surface area contributed by atoms with Crippen molar-refractivity contribution < 1.29 is 4.79 Å². The van der Waals surface area contributed by atoms with Crippen LogP contribution in [0.15, 0.2) is 48.5 Å². The number of carbonyl (C=O) groups is 1. The molecule has 3 rings (SSSR count). The van der Waals surface area contributed by atoms with Crippen molar-refractivity contribution in [2.45, 2.75) is 19.4 Å². The second kappa shape index (κ2) is 5.29. The maximum Gasteiger partial charge on any atom is 0.182 e. The first kappa shape index (κ1) is 13.2. The summed E-state index contributed by atoms with van der Waals surface area (Å²) in [5.41, 5.74) is 3.17. The van der Waals surface area contributed by atoms with Crippen molar-refractivity contribution >= 4 is 23.1 Å². The van der Waals surface area contributed by atoms with Gasteiger partial charge in [0.15, 0.2) is 5.78 Å². The first-order valence-electron chi connectivity index (χ1n) is 6.78. The normalized spacial score (nSPS) is 17.1. The molecule has 1 unspecified atom stereocenters. The van der Waals surface area contributed by atoms with Gasteiger partial charge in [0.2, 0.25) is 0 Å². The summed E-state index contributed by atoms with van der Waals surface area (Å²) in [6.45, 7) is 2.56. The average molecular weight is 286 g/mol. The molecular formula is C17H16ClNO. The third-order valence-electron chi connectivity index (χ3n) is 3.81. The summed E-state index contributed by atoms with van der Waals surface area (Å²) in [5, 5.41) is 0.603. The van der Waals surface area contributed by atoms with Crippen LogP contribution in [0.5, 0.6) is 0 Å². The fraction of sp³-hybridized carbons (Fsp3) is 0.235. The van der Waals surface area contributed by atoms with Crippen LogP contribution < -0.4 is 4.90 Å². The zero-order valence-corrected chi connectivity index (χ0v) is 12.1. The van der Waals surface area contributed by atoms with Crippen LogP contribution in [0.4, 0.5) is 5.69 Å². The van der Waals surface area contributed by atoms with Gasteiger partial charge in [-0.15, -0.1) is 0 Å². The monoisotopic (exact) mass is 285 g/mol. The lowest BCUT2D eigenvalue weighted by Crippen LogP contribution is -2.34. The lowest BCUT2D eigenvalue weighted by atomic mass is 10.1. The van der Waals surface area contributed by atoms with E-state index in [0.717, 1.165) is 6.42 Å². The number of hydrogen-bond acceptors (Lipinski definition) is 2. The number of fused-ring (bicyclic) bond motifs is 1. The van der Waals surface area contributed by atoms with Gasteiger partial charge in [-0.05, 0) is 37.1 Å². The van der Waals surface area contributed by atoms with Crippen molar-refractivity contribution in [2.24, 2.45) is 0 Å². The summed E-state index contributed by atoms with van der Waals surface area (Å²) in [5.74, 6) is 0.107. The van der Waals surface area contributed by atoms with Crippen molar-refractivity contribution in [3.63, 3.8) is 0 Å². The van der Waals surface area contributed by atoms with Crippen LogP contribution in [-0.2, 0) is 6.42 Å². The van der Waals surface area contributed by atoms with Gasteiger partial charge in [0.1, 0.15) is 0 Å². The molecule has 2 aromatic carbocycles. The van der Waals surface area contributed by atoms with Crippen molar-refractivity contribution in [1.82, 2.24) is 0 Å². The Balaban J connectivity index is 1.83. The number of nitrogens with zero attached hydrogens (tertiary/aromatic N) is 1. The van der Waals surface area contributed by atoms with Crippen molar-refractivity contribution in [2.75, 3.05) is 11.4 Å². The fourth-order valence-corrected chi connectivity index (χ4v) is 2.97. The van der Waals surface area contributed by atoms with Crippen LogP contribution in [0.3, 0.4) is 0 Å². The molecular weight excluding hydrogens is 270 g/mol. The second-order valence-electron chi connectivity index (χ2n) is 5.24. The molecule has 0 saturated heterocycles. The number of ketones is 1. The minimum Gasteiger partial charge on any atom is -0.361 e. The molecule has 3 heteroatoms. The Kier molecular flexibility index (Phi) is 3.49. The zero-order chi connectivity index (χ0) is 14.1. The number of rotatable bonds is 3. The summed E-state index contributed by atoms with van der Waals surface area (Å²) in [4.78, 5) is 14.6. The molecule has 1 aliphatic heterocycles. The molecule has 20 heavy (non-hydrogen) atoms. The van der Waals surface area contributed by atoms with E-state index in [-0.39, 0.29) is 5.78 Å². The lowest BCUT2D eigenvalue weighted by Gasteiger charge is -2.24. The molecule has 1 atom stereocenters. The zero-order valence-electron chi connectivity index (χ0n) is 11.3. The Morgan fingerprint density at radius 2 is 2.05 bits per heavy atom. The summed E-state index contributed by atoms with van der Waals surface area (Å²) in [6, 6.07) is 15.8. The van der Waals surface area contributed by atoms with E-state index in [4.69, 9.17) is 11.6 Å². The molecule has 0 amide bonds. The van der Waals surface area contributed by atoms with E-state index >= 15 is 0 Å². The molecule has 0 saturated carbocycles. The number of Topliss-reactive ketones (excluding diaryl/α,β-unsaturated/α-hetero) is 1. The van der Waals surface area contributed by atoms with Crippen molar-refractivity contribution in [1.29, 1.82) is 0 Å². The number of hydrogen-bond donors (Lipinski definition) is 0. The van der Waals surface area contributed by atoms with Gasteiger partial charge in [-0.25, -0.2) is 0 Å². The summed E-state index contributed by atoms with van der Waals surface area (Å²) < 4.78 is 0. The molecule has 2 nitrogen and oxygen atoms in total. The number of anilines is 1. The van der Waals surface area contributed by atoms with Crippen LogP contribution in [0.1, 0.15) is 22.8 Å². The van der Waals surface area contributed by atoms with E-state index in [1.807, 2.05) is 24.3 Å². The molecule has 0 radical (unpaired) electrons. The maximum absolute atomic E-state index is 12.4. The SMILES string of the molecule is CC1Cc2ccccc2N1CC(=O)c1cccc(Cl)c1. The number of para-hydroxylation sites is 1. The second-order valence-corrected chi connectivity index (χ2v) is 5.68. The predicted molar refractivity (Wildman–Crippen MR) is 82.7 cm³/mol. The first-order valence-corrected chi connectivity index (χ1v) is 7.16. The Hall–Kier alpha value is -1.80. The Morgan fingerprint density at radius 1 is 1.25 bits per heavy atom. The smallest absolute Gasteiger partial charge is 0.182 e. The van der Waals surface area contributed by atoms with E-state index in [1.54, 1.807) is 12.1 Å². The minimum absolute atomic E-state index is 0.107. The van der Waals surface area contributed by atoms with Crippen LogP contribution in [-0.4, -0.2) is 18.4 Å². The van der Waals surface area contributed by atoms with Gasteiger partial charge in [-0.3, -0.25) is 4.79 Å². The molecule has 1 aliphatic rings. The van der Waals surface area contributed by atoms with Gasteiger partial charge in [0.25, 0.3) is 0 Å². The molecule has 0 N–H and O–H groups in total. The summed E-state index contributed by atoms with van der Waals surface area (Å²) in [7, 11) is 0. The van der Waals surface area contributed by atoms with Gasteiger partial charge < -0.3 is 4.90 Å². The molecule has 0 spiro atoms. The first-order chi connectivity index (χ1) is 9.65. The van der Waals surface area contributed by atoms with Crippen LogP contribution >= 0.6 is 11.6 Å². The molecule has 102 valence electrons. The number of halogens is 1. The van der Waals surface area contributed by atoms with E-state index in [2.05, 4.69) is 24.0 Å². The highest BCUT2D eigenvalue weighted by atomic mass is 35.5. The Morgan fingerprint density at radius 3 is 2.85 bits per heavy atom. The largest absolute Gasteiger partial charge is 0.361 e. The third kappa shape index (κ3) is 2.44. The summed E-state index contributed by atoms with van der Waals surface area (Å²) >= 11 is 5.95. The molecule has 0 bridgehead atoms. The van der Waals surface area contributed by atoms with Gasteiger partial charge in [-0.2, -0.15) is 0 Å². The van der Waals surface area contributed by atoms with E-state index < -0.39 is 0 Å². The third-order valence-corrected chi connectivity index (χ3v) is 4.04. The molecule has 0 aliphatic carbocycles. The number of carbonyl (C=O) groups excluding carboxylic acids is 1. The van der Waals surface area contributed by atoms with Gasteiger partial charge in [0.05, 0.1) is 6.54 Å². The molecule has 1 heterocycles. The summed E-state index contributed by atoms with van der Waals surface area (Å²) in [6.07, 6.45) is 0.999. The lowest BCUT2D eigenvalue weighted by molar-refractivity contribution is 0.0997. The predicted octanol–water partition coefficient (Wildman–Crippen LogP) is 3.97. The molecule has 0 fully saturated rings. The standard InChI is InChI=1S/C17H16ClNO/c1-12-9-13-5-2-3-8-16(13)19(12)11-17(20)14-6-4-7-15(18)10-14/h2-8,10,12H,9,11H2,1H3. The van der Waals surface area contributed by atoms with Gasteiger partial charge >= 0.3 is 0 Å². The number of benzene rings is 2. The van der Waals surface area contributed by atoms with Crippen molar-refractivity contribution in [3.8, 4) is 0 Å². The van der Waals surface area contributed by atoms with E-state index in [1.165, 1.54) is 11.3 Å². The van der Waals surface area contributed by atoms with E-state index in [0.29, 0.717) is 23.2 Å². The fourth-order valence-electron chi connectivity index (χ4n) is 2.78. The Bertz CT molecular complexity index is 653. The Labute approximate surface area is 124 Å². The molecule has 0 aromatic heterocycles. The van der Waals surface area contributed by atoms with Crippen LogP contribution in [0.2, 0.25) is 5.02 Å². The quantitative estimate of drug-likeness (QED) is 0.795. The van der Waals surface area contributed by atoms with Gasteiger partial charge in [-0.1, -0.05) is 41.9 Å². The topological polar surface area (TPSA) is 20.3 Å².